The monoisotopic (exact) mass is 439 g/mol. The van der Waals surface area contributed by atoms with Gasteiger partial charge in [-0.1, -0.05) is 12.1 Å². The fraction of sp³-hybridized carbons (Fsp3) is 0.174. The van der Waals surface area contributed by atoms with E-state index in [2.05, 4.69) is 5.32 Å². The van der Waals surface area contributed by atoms with E-state index in [9.17, 15) is 14.4 Å². The number of benzene rings is 2. The van der Waals surface area contributed by atoms with E-state index in [0.717, 1.165) is 0 Å². The van der Waals surface area contributed by atoms with E-state index < -0.39 is 24.3 Å². The van der Waals surface area contributed by atoms with Crippen molar-refractivity contribution in [3.8, 4) is 17.2 Å². The molecule has 0 radical (unpaired) electrons. The zero-order chi connectivity index (χ0) is 23.1. The lowest BCUT2D eigenvalue weighted by atomic mass is 10.1. The lowest BCUT2D eigenvalue weighted by molar-refractivity contribution is 0.0474. The number of anilines is 1. The number of hydrogen-bond acceptors (Lipinski definition) is 8. The second-order valence-corrected chi connectivity index (χ2v) is 6.38. The Morgan fingerprint density at radius 1 is 0.844 bits per heavy atom. The first-order valence-corrected chi connectivity index (χ1v) is 9.42. The van der Waals surface area contributed by atoms with E-state index in [-0.39, 0.29) is 34.1 Å². The number of esters is 1. The molecule has 0 spiro atoms. The molecule has 0 unspecified atom stereocenters. The highest BCUT2D eigenvalue weighted by Crippen LogP contribution is 2.34. The van der Waals surface area contributed by atoms with E-state index in [4.69, 9.17) is 23.4 Å². The van der Waals surface area contributed by atoms with Gasteiger partial charge >= 0.3 is 5.97 Å². The summed E-state index contributed by atoms with van der Waals surface area (Å²) >= 11 is 0. The van der Waals surface area contributed by atoms with Crippen LogP contribution in [0.15, 0.2) is 59.2 Å². The molecule has 0 saturated carbocycles. The molecule has 166 valence electrons. The summed E-state index contributed by atoms with van der Waals surface area (Å²) < 4.78 is 25.9. The lowest BCUT2D eigenvalue weighted by Crippen LogP contribution is -2.18. The molecule has 9 heteroatoms. The van der Waals surface area contributed by atoms with Crippen LogP contribution in [0.2, 0.25) is 0 Å². The molecule has 1 aromatic heterocycles. The standard InChI is InChI=1S/C23H21NO8/c1-28-18-8-5-4-7-14(18)17(25)13-32-23(27)15-11-20(29-2)21(30-3)12-16(15)24-22(26)19-9-6-10-31-19/h4-12H,13H2,1-3H3,(H,24,26). The number of furan rings is 1. The second kappa shape index (κ2) is 10.2. The van der Waals surface area contributed by atoms with Crippen LogP contribution in [0, 0.1) is 0 Å². The zero-order valence-electron chi connectivity index (χ0n) is 17.7. The molecule has 0 bridgehead atoms. The van der Waals surface area contributed by atoms with Crippen LogP contribution in [-0.4, -0.2) is 45.6 Å². The predicted molar refractivity (Wildman–Crippen MR) is 114 cm³/mol. The number of ether oxygens (including phenoxy) is 4. The molecule has 0 fully saturated rings. The Labute approximate surface area is 183 Å². The highest BCUT2D eigenvalue weighted by atomic mass is 16.5. The van der Waals surface area contributed by atoms with Gasteiger partial charge in [-0.3, -0.25) is 9.59 Å². The third-order valence-corrected chi connectivity index (χ3v) is 4.48. The van der Waals surface area contributed by atoms with Crippen molar-refractivity contribution < 1.29 is 37.7 Å². The van der Waals surface area contributed by atoms with Crippen molar-refractivity contribution >= 4 is 23.3 Å². The fourth-order valence-electron chi connectivity index (χ4n) is 2.90. The van der Waals surface area contributed by atoms with Crippen molar-refractivity contribution in [3.05, 3.63) is 71.7 Å². The summed E-state index contributed by atoms with van der Waals surface area (Å²) in [4.78, 5) is 37.8. The molecule has 0 aliphatic rings. The summed E-state index contributed by atoms with van der Waals surface area (Å²) in [7, 11) is 4.26. The summed E-state index contributed by atoms with van der Waals surface area (Å²) in [5.74, 6) is -0.935. The Kier molecular flexibility index (Phi) is 7.12. The average molecular weight is 439 g/mol. The van der Waals surface area contributed by atoms with Gasteiger partial charge in [0.25, 0.3) is 5.91 Å². The normalized spacial score (nSPS) is 10.2. The first kappa shape index (κ1) is 22.4. The predicted octanol–water partition coefficient (Wildman–Crippen LogP) is 3.60. The minimum absolute atomic E-state index is 0.0321. The first-order chi connectivity index (χ1) is 15.5. The molecule has 0 saturated heterocycles. The van der Waals surface area contributed by atoms with E-state index in [0.29, 0.717) is 5.75 Å². The van der Waals surface area contributed by atoms with Gasteiger partial charge in [-0.2, -0.15) is 0 Å². The van der Waals surface area contributed by atoms with Crippen LogP contribution in [0.4, 0.5) is 5.69 Å². The largest absolute Gasteiger partial charge is 0.496 e. The van der Waals surface area contributed by atoms with Crippen molar-refractivity contribution in [2.75, 3.05) is 33.3 Å². The topological polar surface area (TPSA) is 113 Å². The van der Waals surface area contributed by atoms with E-state index in [1.165, 1.54) is 45.8 Å². The summed E-state index contributed by atoms with van der Waals surface area (Å²) in [6.07, 6.45) is 1.35. The van der Waals surface area contributed by atoms with Crippen LogP contribution in [0.5, 0.6) is 17.2 Å². The van der Waals surface area contributed by atoms with Gasteiger partial charge in [-0.05, 0) is 24.3 Å². The smallest absolute Gasteiger partial charge is 0.340 e. The maximum absolute atomic E-state index is 12.8. The summed E-state index contributed by atoms with van der Waals surface area (Å²) in [5, 5.41) is 2.58. The van der Waals surface area contributed by atoms with Gasteiger partial charge in [0.1, 0.15) is 5.75 Å². The van der Waals surface area contributed by atoms with Crippen LogP contribution in [0.3, 0.4) is 0 Å². The maximum Gasteiger partial charge on any atom is 0.340 e. The minimum atomic E-state index is -0.844. The molecule has 1 amide bonds. The van der Waals surface area contributed by atoms with Crippen LogP contribution in [0.25, 0.3) is 0 Å². The van der Waals surface area contributed by atoms with Crippen LogP contribution < -0.4 is 19.5 Å². The van der Waals surface area contributed by atoms with Crippen molar-refractivity contribution in [2.24, 2.45) is 0 Å². The molecular formula is C23H21NO8. The zero-order valence-corrected chi connectivity index (χ0v) is 17.7. The Morgan fingerprint density at radius 3 is 2.19 bits per heavy atom. The minimum Gasteiger partial charge on any atom is -0.496 e. The van der Waals surface area contributed by atoms with E-state index in [1.807, 2.05) is 0 Å². The Morgan fingerprint density at radius 2 is 1.53 bits per heavy atom. The number of carbonyl (C=O) groups is 3. The molecule has 0 aliphatic heterocycles. The fourth-order valence-corrected chi connectivity index (χ4v) is 2.90. The molecule has 3 aromatic rings. The Hall–Kier alpha value is -4.27. The molecule has 2 aromatic carbocycles. The highest BCUT2D eigenvalue weighted by molar-refractivity contribution is 6.08. The van der Waals surface area contributed by atoms with Gasteiger partial charge in [0.05, 0.1) is 44.4 Å². The van der Waals surface area contributed by atoms with Gasteiger partial charge in [0.15, 0.2) is 23.9 Å². The molecule has 32 heavy (non-hydrogen) atoms. The molecule has 1 N–H and O–H groups in total. The highest BCUT2D eigenvalue weighted by Gasteiger charge is 2.22. The second-order valence-electron chi connectivity index (χ2n) is 6.38. The van der Waals surface area contributed by atoms with Crippen molar-refractivity contribution in [3.63, 3.8) is 0 Å². The summed E-state index contributed by atoms with van der Waals surface area (Å²) in [6.45, 7) is -0.529. The lowest BCUT2D eigenvalue weighted by Gasteiger charge is -2.15. The van der Waals surface area contributed by atoms with Gasteiger partial charge < -0.3 is 28.7 Å². The van der Waals surface area contributed by atoms with Gasteiger partial charge in [-0.25, -0.2) is 4.79 Å². The number of carbonyl (C=O) groups excluding carboxylic acids is 3. The van der Waals surface area contributed by atoms with Crippen molar-refractivity contribution in [2.45, 2.75) is 0 Å². The first-order valence-electron chi connectivity index (χ1n) is 9.42. The Balaban J connectivity index is 1.84. The SMILES string of the molecule is COc1cc(NC(=O)c2ccco2)c(C(=O)OCC(=O)c2ccccc2OC)cc1OC. The van der Waals surface area contributed by atoms with Crippen molar-refractivity contribution in [1.82, 2.24) is 0 Å². The average Bonchev–Trinajstić information content (AvgIpc) is 3.37. The number of Topliss-reactive ketones (excluding diaryl/α,β-unsaturated/α-hetero) is 1. The molecule has 0 atom stereocenters. The molecule has 0 aliphatic carbocycles. The van der Waals surface area contributed by atoms with Crippen LogP contribution in [0.1, 0.15) is 31.3 Å². The number of ketones is 1. The molecule has 1 heterocycles. The van der Waals surface area contributed by atoms with E-state index in [1.54, 1.807) is 30.3 Å². The molecule has 9 nitrogen and oxygen atoms in total. The van der Waals surface area contributed by atoms with Crippen LogP contribution in [-0.2, 0) is 4.74 Å². The number of nitrogens with one attached hydrogen (secondary N) is 1. The number of amides is 1. The third-order valence-electron chi connectivity index (χ3n) is 4.48. The number of methoxy groups -OCH3 is 3. The number of rotatable bonds is 9. The maximum atomic E-state index is 12.8. The quantitative estimate of drug-likeness (QED) is 0.397. The summed E-state index contributed by atoms with van der Waals surface area (Å²) in [5.41, 5.74) is 0.343. The molecule has 3 rings (SSSR count). The van der Waals surface area contributed by atoms with Crippen LogP contribution >= 0.6 is 0 Å². The van der Waals surface area contributed by atoms with Crippen molar-refractivity contribution in [1.29, 1.82) is 0 Å². The Bertz CT molecular complexity index is 1120. The van der Waals surface area contributed by atoms with Gasteiger partial charge in [-0.15, -0.1) is 0 Å². The van der Waals surface area contributed by atoms with E-state index >= 15 is 0 Å². The number of hydrogen-bond donors (Lipinski definition) is 1. The third kappa shape index (κ3) is 4.89. The summed E-state index contributed by atoms with van der Waals surface area (Å²) in [6, 6.07) is 12.4. The van der Waals surface area contributed by atoms with Gasteiger partial charge in [0.2, 0.25) is 5.78 Å². The molecular weight excluding hydrogens is 418 g/mol. The van der Waals surface area contributed by atoms with Gasteiger partial charge in [0, 0.05) is 12.1 Å². The number of para-hydroxylation sites is 1.